The quantitative estimate of drug-likeness (QED) is 0.461. The number of para-hydroxylation sites is 2. The van der Waals surface area contributed by atoms with Gasteiger partial charge in [-0.05, 0) is 42.1 Å². The van der Waals surface area contributed by atoms with Crippen molar-refractivity contribution in [1.29, 1.82) is 0 Å². The van der Waals surface area contributed by atoms with Crippen LogP contribution < -0.4 is 0 Å². The molecule has 0 fully saturated rings. The van der Waals surface area contributed by atoms with Crippen molar-refractivity contribution in [3.63, 3.8) is 0 Å². The number of hydrogen-bond donors (Lipinski definition) is 1. The van der Waals surface area contributed by atoms with Gasteiger partial charge in [-0.15, -0.1) is 0 Å². The van der Waals surface area contributed by atoms with Crippen LogP contribution in [0.1, 0.15) is 11.1 Å². The second kappa shape index (κ2) is 5.88. The number of benzene rings is 3. The zero-order valence-corrected chi connectivity index (χ0v) is 14.6. The minimum Gasteiger partial charge on any atom is -0.343 e. The molecule has 3 nitrogen and oxygen atoms in total. The first-order valence-electron chi connectivity index (χ1n) is 8.86. The number of hydrogen-bond acceptors (Lipinski definition) is 1. The molecule has 0 spiro atoms. The van der Waals surface area contributed by atoms with Gasteiger partial charge in [0.2, 0.25) is 0 Å². The molecule has 0 amide bonds. The number of imidazole rings is 1. The van der Waals surface area contributed by atoms with E-state index in [1.165, 1.54) is 22.0 Å². The van der Waals surface area contributed by atoms with E-state index in [0.29, 0.717) is 0 Å². The van der Waals surface area contributed by atoms with Crippen LogP contribution in [0.3, 0.4) is 0 Å². The van der Waals surface area contributed by atoms with Gasteiger partial charge in [0.05, 0.1) is 11.0 Å². The van der Waals surface area contributed by atoms with Crippen molar-refractivity contribution in [3.8, 4) is 11.4 Å². The molecule has 2 heterocycles. The first-order valence-corrected chi connectivity index (χ1v) is 8.86. The number of nitrogens with one attached hydrogen (secondary N) is 1. The Hall–Kier alpha value is -3.33. The van der Waals surface area contributed by atoms with E-state index in [9.17, 15) is 0 Å². The molecular formula is C23H19N3. The van der Waals surface area contributed by atoms with Crippen molar-refractivity contribution < 1.29 is 0 Å². The van der Waals surface area contributed by atoms with E-state index >= 15 is 0 Å². The van der Waals surface area contributed by atoms with E-state index in [4.69, 9.17) is 4.98 Å². The molecule has 26 heavy (non-hydrogen) atoms. The lowest BCUT2D eigenvalue weighted by molar-refractivity contribution is 0.836. The first kappa shape index (κ1) is 15.0. The summed E-state index contributed by atoms with van der Waals surface area (Å²) in [4.78, 5) is 8.16. The highest BCUT2D eigenvalue weighted by Crippen LogP contribution is 2.26. The Morgan fingerprint density at radius 2 is 1.77 bits per heavy atom. The lowest BCUT2D eigenvalue weighted by atomic mass is 10.1. The normalized spacial score (nSPS) is 11.4. The van der Waals surface area contributed by atoms with E-state index in [2.05, 4.69) is 77.3 Å². The molecular weight excluding hydrogens is 318 g/mol. The zero-order valence-electron chi connectivity index (χ0n) is 14.6. The Labute approximate surface area is 151 Å². The Morgan fingerprint density at radius 1 is 0.923 bits per heavy atom. The van der Waals surface area contributed by atoms with E-state index in [0.717, 1.165) is 29.0 Å². The van der Waals surface area contributed by atoms with Crippen molar-refractivity contribution in [2.75, 3.05) is 0 Å². The fraction of sp³-hybridized carbons (Fsp3) is 0.0870. The highest BCUT2D eigenvalue weighted by molar-refractivity contribution is 5.86. The average molecular weight is 337 g/mol. The maximum Gasteiger partial charge on any atom is 0.138 e. The summed E-state index contributed by atoms with van der Waals surface area (Å²) < 4.78 is 2.30. The SMILES string of the molecule is Cc1ccc(Cn2ccc3ccc(-c4nc5ccccc5[nH]4)cc32)cc1. The van der Waals surface area contributed by atoms with E-state index in [1.807, 2.05) is 18.2 Å². The third kappa shape index (κ3) is 2.58. The molecule has 0 aliphatic rings. The predicted molar refractivity (Wildman–Crippen MR) is 107 cm³/mol. The highest BCUT2D eigenvalue weighted by atomic mass is 15.0. The molecule has 0 atom stereocenters. The summed E-state index contributed by atoms with van der Waals surface area (Å²) in [5.74, 6) is 0.913. The fourth-order valence-corrected chi connectivity index (χ4v) is 3.45. The molecule has 0 aliphatic carbocycles. The Bertz CT molecular complexity index is 1180. The number of fused-ring (bicyclic) bond motifs is 2. The van der Waals surface area contributed by atoms with Crippen LogP contribution in [-0.4, -0.2) is 14.5 Å². The van der Waals surface area contributed by atoms with Crippen molar-refractivity contribution in [3.05, 3.63) is 90.1 Å². The number of H-pyrrole nitrogens is 1. The lowest BCUT2D eigenvalue weighted by Crippen LogP contribution is -1.98. The van der Waals surface area contributed by atoms with Gasteiger partial charge in [-0.3, -0.25) is 0 Å². The Morgan fingerprint density at radius 3 is 2.62 bits per heavy atom. The lowest BCUT2D eigenvalue weighted by Gasteiger charge is -2.07. The van der Waals surface area contributed by atoms with Gasteiger partial charge in [0.1, 0.15) is 5.82 Å². The summed E-state index contributed by atoms with van der Waals surface area (Å²) in [5, 5.41) is 1.25. The molecule has 2 aromatic heterocycles. The van der Waals surface area contributed by atoms with Gasteiger partial charge in [0.15, 0.2) is 0 Å². The summed E-state index contributed by atoms with van der Waals surface area (Å²) in [5.41, 5.74) is 7.00. The topological polar surface area (TPSA) is 33.6 Å². The van der Waals surface area contributed by atoms with Gasteiger partial charge in [0.25, 0.3) is 0 Å². The first-order chi connectivity index (χ1) is 12.8. The highest BCUT2D eigenvalue weighted by Gasteiger charge is 2.08. The molecule has 3 heteroatoms. The van der Waals surface area contributed by atoms with Crippen LogP contribution in [0.2, 0.25) is 0 Å². The van der Waals surface area contributed by atoms with Crippen molar-refractivity contribution in [2.45, 2.75) is 13.5 Å². The van der Waals surface area contributed by atoms with Crippen LogP contribution in [0.4, 0.5) is 0 Å². The molecule has 0 aliphatic heterocycles. The Kier molecular flexibility index (Phi) is 3.39. The average Bonchev–Trinajstić information content (AvgIpc) is 3.27. The van der Waals surface area contributed by atoms with Gasteiger partial charge in [-0.2, -0.15) is 0 Å². The van der Waals surface area contributed by atoms with Gasteiger partial charge in [0, 0.05) is 23.8 Å². The molecule has 0 saturated carbocycles. The third-order valence-corrected chi connectivity index (χ3v) is 4.91. The van der Waals surface area contributed by atoms with E-state index in [1.54, 1.807) is 0 Å². The smallest absolute Gasteiger partial charge is 0.138 e. The van der Waals surface area contributed by atoms with Crippen LogP contribution in [0.5, 0.6) is 0 Å². The summed E-state index contributed by atoms with van der Waals surface area (Å²) in [7, 11) is 0. The summed E-state index contributed by atoms with van der Waals surface area (Å²) in [6.07, 6.45) is 2.16. The maximum atomic E-state index is 4.73. The second-order valence-corrected chi connectivity index (χ2v) is 6.81. The molecule has 0 bridgehead atoms. The number of nitrogens with zero attached hydrogens (tertiary/aromatic N) is 2. The largest absolute Gasteiger partial charge is 0.343 e. The molecule has 5 rings (SSSR count). The van der Waals surface area contributed by atoms with Crippen LogP contribution in [0, 0.1) is 6.92 Å². The van der Waals surface area contributed by atoms with E-state index in [-0.39, 0.29) is 0 Å². The Balaban J connectivity index is 1.57. The van der Waals surface area contributed by atoms with Crippen LogP contribution in [-0.2, 0) is 6.54 Å². The van der Waals surface area contributed by atoms with Gasteiger partial charge < -0.3 is 9.55 Å². The summed E-state index contributed by atoms with van der Waals surface area (Å²) in [6.45, 7) is 2.99. The number of aryl methyl sites for hydroxylation is 1. The number of aromatic nitrogens is 3. The monoisotopic (exact) mass is 337 g/mol. The van der Waals surface area contributed by atoms with Crippen molar-refractivity contribution in [2.24, 2.45) is 0 Å². The maximum absolute atomic E-state index is 4.73. The molecule has 0 radical (unpaired) electrons. The summed E-state index contributed by atoms with van der Waals surface area (Å²) in [6, 6.07) is 25.6. The second-order valence-electron chi connectivity index (χ2n) is 6.81. The fourth-order valence-electron chi connectivity index (χ4n) is 3.45. The number of rotatable bonds is 3. The molecule has 1 N–H and O–H groups in total. The zero-order chi connectivity index (χ0) is 17.5. The minimum atomic E-state index is 0.868. The third-order valence-electron chi connectivity index (χ3n) is 4.91. The van der Waals surface area contributed by atoms with Crippen LogP contribution in [0.25, 0.3) is 33.3 Å². The molecule has 0 unspecified atom stereocenters. The van der Waals surface area contributed by atoms with Crippen LogP contribution >= 0.6 is 0 Å². The molecule has 126 valence electrons. The minimum absolute atomic E-state index is 0.868. The van der Waals surface area contributed by atoms with Gasteiger partial charge in [-0.25, -0.2) is 4.98 Å². The molecule has 0 saturated heterocycles. The molecule has 5 aromatic rings. The van der Waals surface area contributed by atoms with Crippen LogP contribution in [0.15, 0.2) is 79.0 Å². The molecule has 3 aromatic carbocycles. The van der Waals surface area contributed by atoms with Crippen molar-refractivity contribution >= 4 is 21.9 Å². The predicted octanol–water partition coefficient (Wildman–Crippen LogP) is 5.54. The van der Waals surface area contributed by atoms with E-state index < -0.39 is 0 Å². The summed E-state index contributed by atoms with van der Waals surface area (Å²) >= 11 is 0. The van der Waals surface area contributed by atoms with Gasteiger partial charge in [-0.1, -0.05) is 54.1 Å². The standard InChI is InChI=1S/C23H19N3/c1-16-6-8-17(9-7-16)15-26-13-12-18-10-11-19(14-22(18)26)23-24-20-4-2-3-5-21(20)25-23/h2-14H,15H2,1H3,(H,24,25). The van der Waals surface area contributed by atoms with Crippen molar-refractivity contribution in [1.82, 2.24) is 14.5 Å². The van der Waals surface area contributed by atoms with Gasteiger partial charge >= 0.3 is 0 Å². The number of aromatic amines is 1.